The lowest BCUT2D eigenvalue weighted by Gasteiger charge is -2.09. The third-order valence-corrected chi connectivity index (χ3v) is 4.10. The van der Waals surface area contributed by atoms with Crippen LogP contribution in [0.4, 0.5) is 0 Å². The Morgan fingerprint density at radius 3 is 2.15 bits per heavy atom. The first-order valence-electron chi connectivity index (χ1n) is 5.53. The SMILES string of the molecule is O=C(O)Cc1ccc(-c2cc(Cl)c(Cl)cc2Cl)cc1Cl. The Kier molecular flexibility index (Phi) is 4.82. The molecule has 104 valence electrons. The van der Waals surface area contributed by atoms with Crippen LogP contribution in [-0.4, -0.2) is 11.1 Å². The Morgan fingerprint density at radius 2 is 1.55 bits per heavy atom. The molecule has 0 radical (unpaired) electrons. The summed E-state index contributed by atoms with van der Waals surface area (Å²) in [5, 5.41) is 10.3. The predicted molar refractivity (Wildman–Crippen MR) is 83.3 cm³/mol. The normalized spacial score (nSPS) is 10.6. The molecule has 6 heteroatoms. The van der Waals surface area contributed by atoms with E-state index in [9.17, 15) is 4.79 Å². The molecule has 0 atom stereocenters. The quantitative estimate of drug-likeness (QED) is 0.733. The number of rotatable bonds is 3. The van der Waals surface area contributed by atoms with Crippen LogP contribution in [0.25, 0.3) is 11.1 Å². The molecule has 0 aliphatic heterocycles. The lowest BCUT2D eigenvalue weighted by atomic mass is 10.0. The highest BCUT2D eigenvalue weighted by Crippen LogP contribution is 2.36. The molecule has 0 unspecified atom stereocenters. The van der Waals surface area contributed by atoms with Gasteiger partial charge in [-0.05, 0) is 29.3 Å². The van der Waals surface area contributed by atoms with Crippen LogP contribution < -0.4 is 0 Å². The summed E-state index contributed by atoms with van der Waals surface area (Å²) in [6.07, 6.45) is -0.131. The molecule has 2 aromatic carbocycles. The van der Waals surface area contributed by atoms with E-state index in [1.54, 1.807) is 30.3 Å². The largest absolute Gasteiger partial charge is 0.481 e. The number of hydrogen-bond donors (Lipinski definition) is 1. The van der Waals surface area contributed by atoms with E-state index >= 15 is 0 Å². The van der Waals surface area contributed by atoms with Crippen LogP contribution >= 0.6 is 46.4 Å². The molecule has 0 amide bonds. The summed E-state index contributed by atoms with van der Waals surface area (Å²) in [4.78, 5) is 10.7. The Morgan fingerprint density at radius 1 is 0.900 bits per heavy atom. The number of benzene rings is 2. The molecule has 0 saturated heterocycles. The van der Waals surface area contributed by atoms with E-state index < -0.39 is 5.97 Å². The van der Waals surface area contributed by atoms with E-state index in [0.29, 0.717) is 31.2 Å². The Bertz CT molecular complexity index is 683. The minimum absolute atomic E-state index is 0.131. The van der Waals surface area contributed by atoms with E-state index in [1.165, 1.54) is 0 Å². The van der Waals surface area contributed by atoms with E-state index in [0.717, 1.165) is 5.56 Å². The molecule has 0 bridgehead atoms. The first-order chi connectivity index (χ1) is 9.38. The average molecular weight is 350 g/mol. The molecule has 0 saturated carbocycles. The molecule has 2 aromatic rings. The Balaban J connectivity index is 2.47. The fourth-order valence-electron chi connectivity index (χ4n) is 1.76. The summed E-state index contributed by atoms with van der Waals surface area (Å²) in [6, 6.07) is 8.26. The van der Waals surface area contributed by atoms with Gasteiger partial charge in [-0.3, -0.25) is 4.79 Å². The molecular weight excluding hydrogens is 342 g/mol. The maximum absolute atomic E-state index is 10.7. The fourth-order valence-corrected chi connectivity index (χ4v) is 2.67. The van der Waals surface area contributed by atoms with Crippen molar-refractivity contribution < 1.29 is 9.90 Å². The highest BCUT2D eigenvalue weighted by atomic mass is 35.5. The van der Waals surface area contributed by atoms with Crippen molar-refractivity contribution in [2.24, 2.45) is 0 Å². The van der Waals surface area contributed by atoms with Gasteiger partial charge in [0.2, 0.25) is 0 Å². The second kappa shape index (κ2) is 6.23. The van der Waals surface area contributed by atoms with Crippen molar-refractivity contribution in [3.63, 3.8) is 0 Å². The maximum Gasteiger partial charge on any atom is 0.307 e. The van der Waals surface area contributed by atoms with Gasteiger partial charge in [0.25, 0.3) is 0 Å². The van der Waals surface area contributed by atoms with Crippen LogP contribution in [0.3, 0.4) is 0 Å². The monoisotopic (exact) mass is 348 g/mol. The van der Waals surface area contributed by atoms with E-state index in [1.807, 2.05) is 0 Å². The lowest BCUT2D eigenvalue weighted by molar-refractivity contribution is -0.136. The average Bonchev–Trinajstić information content (AvgIpc) is 2.36. The summed E-state index contributed by atoms with van der Waals surface area (Å²) >= 11 is 24.1. The van der Waals surface area contributed by atoms with Crippen molar-refractivity contribution in [2.45, 2.75) is 6.42 Å². The summed E-state index contributed by atoms with van der Waals surface area (Å²) in [5.74, 6) is -0.938. The molecule has 2 rings (SSSR count). The Hall–Kier alpha value is -0.930. The summed E-state index contributed by atoms with van der Waals surface area (Å²) in [6.45, 7) is 0. The van der Waals surface area contributed by atoms with Gasteiger partial charge in [0.05, 0.1) is 16.5 Å². The lowest BCUT2D eigenvalue weighted by Crippen LogP contribution is -2.00. The standard InChI is InChI=1S/C14H8Cl4O2/c15-10-3-7(1-2-8(10)4-14(19)20)9-5-12(17)13(18)6-11(9)16/h1-3,5-6H,4H2,(H,19,20). The number of carboxylic acids is 1. The third kappa shape index (κ3) is 3.39. The van der Waals surface area contributed by atoms with Crippen molar-refractivity contribution in [3.8, 4) is 11.1 Å². The van der Waals surface area contributed by atoms with Gasteiger partial charge in [-0.2, -0.15) is 0 Å². The van der Waals surface area contributed by atoms with Gasteiger partial charge in [0, 0.05) is 15.6 Å². The zero-order chi connectivity index (χ0) is 14.9. The zero-order valence-electron chi connectivity index (χ0n) is 9.96. The first-order valence-corrected chi connectivity index (χ1v) is 7.05. The number of halogens is 4. The van der Waals surface area contributed by atoms with E-state index in [-0.39, 0.29) is 6.42 Å². The molecule has 20 heavy (non-hydrogen) atoms. The Labute approximate surface area is 135 Å². The smallest absolute Gasteiger partial charge is 0.307 e. The highest BCUT2D eigenvalue weighted by Gasteiger charge is 2.11. The number of aliphatic carboxylic acids is 1. The fraction of sp³-hybridized carbons (Fsp3) is 0.0714. The van der Waals surface area contributed by atoms with Crippen LogP contribution in [0.2, 0.25) is 20.1 Å². The molecular formula is C14H8Cl4O2. The van der Waals surface area contributed by atoms with Crippen LogP contribution in [0.15, 0.2) is 30.3 Å². The minimum Gasteiger partial charge on any atom is -0.481 e. The van der Waals surface area contributed by atoms with Gasteiger partial charge in [-0.15, -0.1) is 0 Å². The molecule has 1 N–H and O–H groups in total. The zero-order valence-corrected chi connectivity index (χ0v) is 13.0. The van der Waals surface area contributed by atoms with E-state index in [2.05, 4.69) is 0 Å². The number of carbonyl (C=O) groups is 1. The predicted octanol–water partition coefficient (Wildman–Crippen LogP) is 5.59. The number of hydrogen-bond acceptors (Lipinski definition) is 1. The molecule has 0 spiro atoms. The van der Waals surface area contributed by atoms with Gasteiger partial charge in [-0.25, -0.2) is 0 Å². The van der Waals surface area contributed by atoms with Crippen LogP contribution in [0, 0.1) is 0 Å². The van der Waals surface area contributed by atoms with Gasteiger partial charge in [0.1, 0.15) is 0 Å². The minimum atomic E-state index is -0.938. The van der Waals surface area contributed by atoms with Crippen molar-refractivity contribution in [1.29, 1.82) is 0 Å². The highest BCUT2D eigenvalue weighted by molar-refractivity contribution is 6.44. The van der Waals surface area contributed by atoms with Crippen molar-refractivity contribution in [1.82, 2.24) is 0 Å². The molecule has 0 aliphatic carbocycles. The third-order valence-electron chi connectivity index (χ3n) is 2.72. The second-order valence-electron chi connectivity index (χ2n) is 4.12. The van der Waals surface area contributed by atoms with Gasteiger partial charge >= 0.3 is 5.97 Å². The van der Waals surface area contributed by atoms with Crippen LogP contribution in [-0.2, 0) is 11.2 Å². The summed E-state index contributed by atoms with van der Waals surface area (Å²) in [7, 11) is 0. The summed E-state index contributed by atoms with van der Waals surface area (Å²) < 4.78 is 0. The van der Waals surface area contributed by atoms with Crippen LogP contribution in [0.1, 0.15) is 5.56 Å². The van der Waals surface area contributed by atoms with Crippen LogP contribution in [0.5, 0.6) is 0 Å². The molecule has 0 aromatic heterocycles. The molecule has 0 fully saturated rings. The topological polar surface area (TPSA) is 37.3 Å². The summed E-state index contributed by atoms with van der Waals surface area (Å²) in [5.41, 5.74) is 1.97. The molecule has 2 nitrogen and oxygen atoms in total. The number of carboxylic acid groups (broad SMARTS) is 1. The van der Waals surface area contributed by atoms with Gasteiger partial charge in [-0.1, -0.05) is 58.5 Å². The first kappa shape index (κ1) is 15.5. The van der Waals surface area contributed by atoms with Crippen molar-refractivity contribution >= 4 is 52.4 Å². The van der Waals surface area contributed by atoms with Gasteiger partial charge in [0.15, 0.2) is 0 Å². The molecule has 0 heterocycles. The van der Waals surface area contributed by atoms with Gasteiger partial charge < -0.3 is 5.11 Å². The van der Waals surface area contributed by atoms with Crippen molar-refractivity contribution in [3.05, 3.63) is 56.0 Å². The van der Waals surface area contributed by atoms with E-state index in [4.69, 9.17) is 51.5 Å². The maximum atomic E-state index is 10.7. The second-order valence-corrected chi connectivity index (χ2v) is 5.75. The van der Waals surface area contributed by atoms with Crippen molar-refractivity contribution in [2.75, 3.05) is 0 Å². The molecule has 0 aliphatic rings.